The van der Waals surface area contributed by atoms with Crippen LogP contribution in [-0.4, -0.2) is 27.7 Å². The summed E-state index contributed by atoms with van der Waals surface area (Å²) < 4.78 is 24.0. The van der Waals surface area contributed by atoms with Crippen LogP contribution < -0.4 is 5.32 Å². The fourth-order valence-electron chi connectivity index (χ4n) is 1.16. The fraction of sp³-hybridized carbons (Fsp3) is 0.333. The predicted molar refractivity (Wildman–Crippen MR) is 65.5 cm³/mol. The minimum Gasteiger partial charge on any atom is -0.378 e. The number of halogens is 2. The first-order valence-electron chi connectivity index (χ1n) is 4.59. The smallest absolute Gasteiger partial charge is 0.294 e. The van der Waals surface area contributed by atoms with Crippen molar-refractivity contribution in [2.45, 2.75) is 0 Å². The molecule has 94 valence electrons. The van der Waals surface area contributed by atoms with E-state index in [9.17, 15) is 18.7 Å². The third-order valence-corrected chi connectivity index (χ3v) is 3.01. The van der Waals surface area contributed by atoms with E-state index in [-0.39, 0.29) is 22.9 Å². The lowest BCUT2D eigenvalue weighted by molar-refractivity contribution is -0.384. The van der Waals surface area contributed by atoms with E-state index >= 15 is 0 Å². The molecule has 1 rings (SSSR count). The normalized spacial score (nSPS) is 12.2. The number of hydrogen-bond acceptors (Lipinski definition) is 4. The molecule has 0 aliphatic heterocycles. The molecule has 0 aromatic heterocycles. The van der Waals surface area contributed by atoms with E-state index in [2.05, 4.69) is 5.32 Å². The van der Waals surface area contributed by atoms with E-state index in [1.807, 2.05) is 0 Å². The van der Waals surface area contributed by atoms with Gasteiger partial charge in [-0.1, -0.05) is 11.6 Å². The topological polar surface area (TPSA) is 72.2 Å². The Bertz CT molecular complexity index is 470. The zero-order valence-electron chi connectivity index (χ0n) is 8.91. The molecular formula is C9H10ClFN2O3S. The van der Waals surface area contributed by atoms with Crippen LogP contribution in [0.2, 0.25) is 5.02 Å². The Morgan fingerprint density at radius 3 is 2.76 bits per heavy atom. The predicted octanol–water partition coefficient (Wildman–Crippen LogP) is 2.18. The lowest BCUT2D eigenvalue weighted by atomic mass is 10.2. The van der Waals surface area contributed by atoms with E-state index in [0.717, 1.165) is 12.1 Å². The molecule has 8 heteroatoms. The zero-order valence-corrected chi connectivity index (χ0v) is 10.5. The summed E-state index contributed by atoms with van der Waals surface area (Å²) in [6.07, 6.45) is 1.51. The second-order valence-electron chi connectivity index (χ2n) is 3.24. The minimum absolute atomic E-state index is 0.0300. The van der Waals surface area contributed by atoms with Crippen molar-refractivity contribution in [2.75, 3.05) is 23.9 Å². The van der Waals surface area contributed by atoms with Crippen molar-refractivity contribution in [2.24, 2.45) is 0 Å². The molecule has 5 nitrogen and oxygen atoms in total. The molecule has 0 saturated heterocycles. The van der Waals surface area contributed by atoms with Gasteiger partial charge in [0.15, 0.2) is 0 Å². The number of rotatable bonds is 5. The Balaban J connectivity index is 2.92. The molecule has 0 radical (unpaired) electrons. The van der Waals surface area contributed by atoms with Crippen LogP contribution in [0, 0.1) is 15.9 Å². The lowest BCUT2D eigenvalue weighted by Crippen LogP contribution is -2.11. The second kappa shape index (κ2) is 5.92. The third-order valence-electron chi connectivity index (χ3n) is 1.94. The Morgan fingerprint density at radius 2 is 2.24 bits per heavy atom. The molecule has 1 aromatic rings. The number of nitro groups is 1. The summed E-state index contributed by atoms with van der Waals surface area (Å²) in [6.45, 7) is 0.255. The molecule has 1 N–H and O–H groups in total. The van der Waals surface area contributed by atoms with E-state index in [0.29, 0.717) is 5.75 Å². The van der Waals surface area contributed by atoms with E-state index in [4.69, 9.17) is 11.6 Å². The molecule has 1 aromatic carbocycles. The molecule has 0 spiro atoms. The van der Waals surface area contributed by atoms with Crippen LogP contribution in [0.1, 0.15) is 0 Å². The summed E-state index contributed by atoms with van der Waals surface area (Å²) in [6, 6.07) is 1.90. The van der Waals surface area contributed by atoms with Gasteiger partial charge in [0.05, 0.1) is 9.95 Å². The molecular weight excluding hydrogens is 271 g/mol. The Morgan fingerprint density at radius 1 is 1.59 bits per heavy atom. The van der Waals surface area contributed by atoms with Gasteiger partial charge in [0, 0.05) is 41.5 Å². The standard InChI is InChI=1S/C9H10ClFN2O3S/c1-17(16)3-2-12-8-5-7(11)6(10)4-9(8)13(14)15/h4-5,12H,2-3H2,1H3. The van der Waals surface area contributed by atoms with Crippen LogP contribution in [0.5, 0.6) is 0 Å². The fourth-order valence-corrected chi connectivity index (χ4v) is 1.71. The average Bonchev–Trinajstić information content (AvgIpc) is 2.22. The van der Waals surface area contributed by atoms with Gasteiger partial charge < -0.3 is 5.32 Å². The highest BCUT2D eigenvalue weighted by Crippen LogP contribution is 2.30. The van der Waals surface area contributed by atoms with Gasteiger partial charge in [0.1, 0.15) is 11.5 Å². The molecule has 17 heavy (non-hydrogen) atoms. The molecule has 0 aliphatic carbocycles. The number of hydrogen-bond donors (Lipinski definition) is 1. The van der Waals surface area contributed by atoms with Gasteiger partial charge in [-0.2, -0.15) is 0 Å². The van der Waals surface area contributed by atoms with Crippen molar-refractivity contribution in [3.63, 3.8) is 0 Å². The Labute approximate surface area is 105 Å². The highest BCUT2D eigenvalue weighted by Gasteiger charge is 2.17. The van der Waals surface area contributed by atoms with Crippen LogP contribution in [-0.2, 0) is 10.8 Å². The van der Waals surface area contributed by atoms with Crippen LogP contribution in [0.15, 0.2) is 12.1 Å². The summed E-state index contributed by atoms with van der Waals surface area (Å²) in [5, 5.41) is 13.1. The number of nitrogens with zero attached hydrogens (tertiary/aromatic N) is 1. The molecule has 1 atom stereocenters. The molecule has 0 amide bonds. The molecule has 0 fully saturated rings. The first-order valence-corrected chi connectivity index (χ1v) is 6.69. The van der Waals surface area contributed by atoms with Crippen molar-refractivity contribution in [1.82, 2.24) is 0 Å². The van der Waals surface area contributed by atoms with Crippen LogP contribution >= 0.6 is 11.6 Å². The number of anilines is 1. The van der Waals surface area contributed by atoms with Gasteiger partial charge in [-0.15, -0.1) is 0 Å². The van der Waals surface area contributed by atoms with E-state index < -0.39 is 21.5 Å². The summed E-state index contributed by atoms with van der Waals surface area (Å²) in [5.41, 5.74) is -0.277. The summed E-state index contributed by atoms with van der Waals surface area (Å²) in [4.78, 5) is 10.1. The van der Waals surface area contributed by atoms with Crippen molar-refractivity contribution < 1.29 is 13.5 Å². The van der Waals surface area contributed by atoms with Crippen molar-refractivity contribution in [1.29, 1.82) is 0 Å². The van der Waals surface area contributed by atoms with Gasteiger partial charge in [-0.3, -0.25) is 14.3 Å². The maximum Gasteiger partial charge on any atom is 0.294 e. The van der Waals surface area contributed by atoms with E-state index in [1.165, 1.54) is 6.26 Å². The molecule has 0 bridgehead atoms. The number of nitro benzene ring substituents is 1. The minimum atomic E-state index is -1.02. The van der Waals surface area contributed by atoms with Crippen LogP contribution in [0.25, 0.3) is 0 Å². The van der Waals surface area contributed by atoms with Crippen molar-refractivity contribution >= 4 is 33.8 Å². The maximum absolute atomic E-state index is 13.2. The van der Waals surface area contributed by atoms with E-state index in [1.54, 1.807) is 0 Å². The highest BCUT2D eigenvalue weighted by molar-refractivity contribution is 7.84. The highest BCUT2D eigenvalue weighted by atomic mass is 35.5. The van der Waals surface area contributed by atoms with Crippen molar-refractivity contribution in [3.05, 3.63) is 33.1 Å². The first-order chi connectivity index (χ1) is 7.91. The van der Waals surface area contributed by atoms with Crippen LogP contribution in [0.3, 0.4) is 0 Å². The third kappa shape index (κ3) is 3.94. The van der Waals surface area contributed by atoms with Gasteiger partial charge in [-0.05, 0) is 0 Å². The van der Waals surface area contributed by atoms with Crippen LogP contribution in [0.4, 0.5) is 15.8 Å². The molecule has 1 unspecified atom stereocenters. The molecule has 0 saturated carbocycles. The average molecular weight is 281 g/mol. The Hall–Kier alpha value is -1.21. The maximum atomic E-state index is 13.2. The number of nitrogens with one attached hydrogen (secondary N) is 1. The summed E-state index contributed by atoms with van der Waals surface area (Å²) in [5.74, 6) is -0.418. The number of benzene rings is 1. The SMILES string of the molecule is CS(=O)CCNc1cc(F)c(Cl)cc1[N+](=O)[O-]. The van der Waals surface area contributed by atoms with Gasteiger partial charge in [-0.25, -0.2) is 4.39 Å². The van der Waals surface area contributed by atoms with Crippen molar-refractivity contribution in [3.8, 4) is 0 Å². The second-order valence-corrected chi connectivity index (χ2v) is 5.21. The largest absolute Gasteiger partial charge is 0.378 e. The summed E-state index contributed by atoms with van der Waals surface area (Å²) >= 11 is 5.46. The van der Waals surface area contributed by atoms with Gasteiger partial charge in [0.2, 0.25) is 0 Å². The zero-order chi connectivity index (χ0) is 13.0. The lowest BCUT2D eigenvalue weighted by Gasteiger charge is -2.07. The van der Waals surface area contributed by atoms with Gasteiger partial charge >= 0.3 is 0 Å². The summed E-state index contributed by atoms with van der Waals surface area (Å²) in [7, 11) is -1.02. The first kappa shape index (κ1) is 13.9. The van der Waals surface area contributed by atoms with Gasteiger partial charge in [0.25, 0.3) is 5.69 Å². The quantitative estimate of drug-likeness (QED) is 0.663. The molecule has 0 heterocycles. The monoisotopic (exact) mass is 280 g/mol. The molecule has 0 aliphatic rings. The Kier molecular flexibility index (Phi) is 4.83.